The van der Waals surface area contributed by atoms with Gasteiger partial charge in [0.25, 0.3) is 0 Å². The Labute approximate surface area is 76.5 Å². The molecule has 1 aliphatic heterocycles. The first-order valence-corrected chi connectivity index (χ1v) is 3.99. The maximum Gasteiger partial charge on any atom is 0.381 e. The lowest BCUT2D eigenvalue weighted by Crippen LogP contribution is -2.18. The van der Waals surface area contributed by atoms with E-state index in [1.54, 1.807) is 18.4 Å². The molecule has 1 aliphatic rings. The van der Waals surface area contributed by atoms with Crippen LogP contribution in [0.25, 0.3) is 0 Å². The summed E-state index contributed by atoms with van der Waals surface area (Å²) in [5.41, 5.74) is 2.96. The van der Waals surface area contributed by atoms with Gasteiger partial charge in [0.05, 0.1) is 0 Å². The first-order chi connectivity index (χ1) is 6.45. The zero-order chi connectivity index (χ0) is 8.93. The third kappa shape index (κ3) is 1.96. The molecule has 0 spiro atoms. The van der Waals surface area contributed by atoms with Crippen molar-refractivity contribution in [1.29, 1.82) is 0 Å². The third-order valence-corrected chi connectivity index (χ3v) is 1.58. The van der Waals surface area contributed by atoms with Crippen LogP contribution >= 0.6 is 0 Å². The average molecular weight is 170 g/mol. The van der Waals surface area contributed by atoms with Gasteiger partial charge in [0.15, 0.2) is 6.20 Å². The second-order valence-electron chi connectivity index (χ2n) is 2.54. The van der Waals surface area contributed by atoms with Gasteiger partial charge in [-0.1, -0.05) is 0 Å². The van der Waals surface area contributed by atoms with Crippen molar-refractivity contribution in [2.75, 3.05) is 5.32 Å². The van der Waals surface area contributed by atoms with E-state index in [0.29, 0.717) is 0 Å². The van der Waals surface area contributed by atoms with Crippen LogP contribution in [0.5, 0.6) is 0 Å². The summed E-state index contributed by atoms with van der Waals surface area (Å²) in [4.78, 5) is 8.17. The molecule has 62 valence electrons. The van der Waals surface area contributed by atoms with Crippen molar-refractivity contribution < 1.29 is 4.98 Å². The molecule has 0 fully saturated rings. The second-order valence-corrected chi connectivity index (χ2v) is 2.54. The fourth-order valence-electron chi connectivity index (χ4n) is 1.01. The van der Waals surface area contributed by atoms with Crippen molar-refractivity contribution in [2.45, 2.75) is 6.17 Å². The minimum atomic E-state index is -0.0618. The van der Waals surface area contributed by atoms with E-state index in [4.69, 9.17) is 0 Å². The zero-order valence-corrected chi connectivity index (χ0v) is 6.94. The van der Waals surface area contributed by atoms with Gasteiger partial charge in [-0.3, -0.25) is 0 Å². The van der Waals surface area contributed by atoms with Crippen molar-refractivity contribution in [3.8, 4) is 0 Å². The predicted octanol–water partition coefficient (Wildman–Crippen LogP) is 0.620. The molecule has 3 heteroatoms. The second kappa shape index (κ2) is 3.57. The summed E-state index contributed by atoms with van der Waals surface area (Å²) in [6.07, 6.45) is 8.00. The summed E-state index contributed by atoms with van der Waals surface area (Å²) < 4.78 is 0. The zero-order valence-electron chi connectivity index (χ0n) is 6.94. The molecule has 0 aromatic carbocycles. The maximum atomic E-state index is 4.16. The molecule has 2 rings (SSSR count). The predicted molar refractivity (Wildman–Crippen MR) is 49.4 cm³/mol. The van der Waals surface area contributed by atoms with E-state index >= 15 is 0 Å². The molecule has 1 aromatic rings. The Hall–Kier alpha value is -2.04. The largest absolute Gasteiger partial charge is 0.381 e. The molecule has 3 nitrogen and oxygen atoms in total. The molecule has 13 heavy (non-hydrogen) atoms. The van der Waals surface area contributed by atoms with Crippen LogP contribution in [-0.2, 0) is 0 Å². The van der Waals surface area contributed by atoms with Gasteiger partial charge in [0.1, 0.15) is 0 Å². The fraction of sp³-hybridized carbons (Fsp3) is 0.100. The van der Waals surface area contributed by atoms with Gasteiger partial charge in [-0.25, -0.2) is 10.3 Å². The Balaban J connectivity index is 2.07. The van der Waals surface area contributed by atoms with Crippen LogP contribution in [0.1, 0.15) is 0 Å². The lowest BCUT2D eigenvalue weighted by Gasteiger charge is -2.01. The monoisotopic (exact) mass is 170 g/mol. The molecule has 1 N–H and O–H groups in total. The Morgan fingerprint density at radius 1 is 1.54 bits per heavy atom. The fourth-order valence-corrected chi connectivity index (χ4v) is 1.01. The smallest absolute Gasteiger partial charge is 0.242 e. The van der Waals surface area contributed by atoms with E-state index in [1.807, 2.05) is 18.2 Å². The number of hydrogen-bond acceptors (Lipinski definition) is 2. The lowest BCUT2D eigenvalue weighted by atomic mass is 10.4. The molecule has 1 aromatic heterocycles. The maximum absolute atomic E-state index is 4.16. The molecular weight excluding hydrogens is 162 g/mol. The van der Waals surface area contributed by atoms with Gasteiger partial charge < -0.3 is 0 Å². The van der Waals surface area contributed by atoms with Crippen molar-refractivity contribution in [2.24, 2.45) is 4.99 Å². The average Bonchev–Trinajstić information content (AvgIpc) is 2.21. The third-order valence-electron chi connectivity index (χ3n) is 1.58. The lowest BCUT2D eigenvalue weighted by molar-refractivity contribution is -0.276. The van der Waals surface area contributed by atoms with Gasteiger partial charge in [0.2, 0.25) is 6.17 Å². The van der Waals surface area contributed by atoms with Gasteiger partial charge in [-0.15, -0.1) is 5.73 Å². The Kier molecular flexibility index (Phi) is 2.09. The molecule has 0 amide bonds. The summed E-state index contributed by atoms with van der Waals surface area (Å²) >= 11 is 0. The van der Waals surface area contributed by atoms with E-state index in [1.165, 1.54) is 0 Å². The minimum absolute atomic E-state index is 0.0618. The van der Waals surface area contributed by atoms with E-state index < -0.39 is 0 Å². The van der Waals surface area contributed by atoms with E-state index in [2.05, 4.69) is 27.2 Å². The van der Waals surface area contributed by atoms with Crippen LogP contribution in [0.3, 0.4) is 0 Å². The first kappa shape index (κ1) is 7.60. The topological polar surface area (TPSA) is 38.5 Å². The van der Waals surface area contributed by atoms with E-state index in [9.17, 15) is 0 Å². The molecule has 0 saturated heterocycles. The van der Waals surface area contributed by atoms with Crippen LogP contribution < -0.4 is 10.3 Å². The standard InChI is InChI=1S/C10H7N3/c1-3-7-11-9(5-1)13-10-6-2-4-8-12-10/h1,3-6,8,10H/p+1. The van der Waals surface area contributed by atoms with Gasteiger partial charge in [-0.2, -0.15) is 4.98 Å². The summed E-state index contributed by atoms with van der Waals surface area (Å²) in [6.45, 7) is 0. The highest BCUT2D eigenvalue weighted by Crippen LogP contribution is 2.00. The number of hydrogen-bond donors (Lipinski definition) is 1. The van der Waals surface area contributed by atoms with Gasteiger partial charge in [0, 0.05) is 24.4 Å². The number of aliphatic imine (C=N–C) groups is 1. The van der Waals surface area contributed by atoms with Gasteiger partial charge >= 0.3 is 5.82 Å². The summed E-state index contributed by atoms with van der Waals surface area (Å²) in [5, 5.41) is 3.10. The Bertz CT molecular complexity index is 361. The highest BCUT2D eigenvalue weighted by Gasteiger charge is 2.09. The summed E-state index contributed by atoms with van der Waals surface area (Å²) in [5.74, 6) is 0.768. The van der Waals surface area contributed by atoms with Crippen LogP contribution in [0, 0.1) is 6.20 Å². The van der Waals surface area contributed by atoms with Crippen LogP contribution in [0.4, 0.5) is 5.82 Å². The van der Waals surface area contributed by atoms with E-state index in [-0.39, 0.29) is 6.17 Å². The highest BCUT2D eigenvalue weighted by molar-refractivity contribution is 5.72. The number of rotatable bonds is 2. The van der Waals surface area contributed by atoms with Crippen molar-refractivity contribution in [1.82, 2.24) is 0 Å². The van der Waals surface area contributed by atoms with Crippen molar-refractivity contribution in [3.63, 3.8) is 0 Å². The van der Waals surface area contributed by atoms with Crippen LogP contribution in [-0.4, -0.2) is 12.4 Å². The first-order valence-electron chi connectivity index (χ1n) is 3.99. The van der Waals surface area contributed by atoms with Gasteiger partial charge in [-0.05, 0) is 12.1 Å². The summed E-state index contributed by atoms with van der Waals surface area (Å²) in [7, 11) is 0. The van der Waals surface area contributed by atoms with Crippen molar-refractivity contribution >= 4 is 12.0 Å². The van der Waals surface area contributed by atoms with Crippen LogP contribution in [0.15, 0.2) is 41.1 Å². The van der Waals surface area contributed by atoms with Crippen LogP contribution in [0.2, 0.25) is 0 Å². The molecule has 0 radical (unpaired) electrons. The molecule has 1 unspecified atom stereocenters. The molecule has 0 saturated carbocycles. The Morgan fingerprint density at radius 3 is 3.23 bits per heavy atom. The number of nitrogens with one attached hydrogen (secondary N) is 1. The molecular formula is C10H8N3+. The van der Waals surface area contributed by atoms with Crippen molar-refractivity contribution in [3.05, 3.63) is 42.3 Å². The highest BCUT2D eigenvalue weighted by atomic mass is 15.1. The quantitative estimate of drug-likeness (QED) is 0.661. The number of aromatic nitrogens is 1. The molecule has 2 heterocycles. The minimum Gasteiger partial charge on any atom is -0.242 e. The molecule has 0 bridgehead atoms. The van der Waals surface area contributed by atoms with E-state index in [0.717, 1.165) is 5.82 Å². The molecule has 1 atom stereocenters. The summed E-state index contributed by atoms with van der Waals surface area (Å²) in [6, 6.07) is 5.50. The Morgan fingerprint density at radius 2 is 2.54 bits per heavy atom. The normalized spacial score (nSPS) is 18.3. The number of nitrogens with zero attached hydrogens (tertiary/aromatic N) is 2. The molecule has 0 aliphatic carbocycles. The SMILES string of the molecule is C1=CC=NC(Nc2cccc#[n+]2)C=1. The number of anilines is 1.